The first-order valence-corrected chi connectivity index (χ1v) is 8.61. The van der Waals surface area contributed by atoms with Crippen LogP contribution in [0.4, 0.5) is 0 Å². The van der Waals surface area contributed by atoms with Gasteiger partial charge in [0.2, 0.25) is 5.91 Å². The van der Waals surface area contributed by atoms with Crippen molar-refractivity contribution in [1.29, 1.82) is 0 Å². The standard InChI is InChI=1S/C17H22BrNO4/c1-22-17(21)10-15(12-5-4-6-13(18)9-12)19-16(20)11-23-14-7-2-3-8-14/h4-6,9,14-15H,2-3,7-8,10-11H2,1H3,(H,19,20). The number of amides is 1. The van der Waals surface area contributed by atoms with Crippen molar-refractivity contribution in [2.24, 2.45) is 0 Å². The van der Waals surface area contributed by atoms with E-state index in [4.69, 9.17) is 9.47 Å². The van der Waals surface area contributed by atoms with Crippen molar-refractivity contribution >= 4 is 27.8 Å². The molecule has 1 amide bonds. The Morgan fingerprint density at radius 1 is 1.35 bits per heavy atom. The van der Waals surface area contributed by atoms with Crippen LogP contribution in [0.15, 0.2) is 28.7 Å². The van der Waals surface area contributed by atoms with Crippen LogP contribution in [-0.4, -0.2) is 31.7 Å². The first-order valence-electron chi connectivity index (χ1n) is 7.81. The largest absolute Gasteiger partial charge is 0.469 e. The molecule has 1 aromatic rings. The van der Waals surface area contributed by atoms with E-state index < -0.39 is 6.04 Å². The molecule has 6 heteroatoms. The number of ether oxygens (including phenoxy) is 2. The van der Waals surface area contributed by atoms with Crippen molar-refractivity contribution in [3.63, 3.8) is 0 Å². The first-order chi connectivity index (χ1) is 11.1. The lowest BCUT2D eigenvalue weighted by Crippen LogP contribution is -2.34. The van der Waals surface area contributed by atoms with Crippen LogP contribution in [0.2, 0.25) is 0 Å². The van der Waals surface area contributed by atoms with Gasteiger partial charge >= 0.3 is 5.97 Å². The lowest BCUT2D eigenvalue weighted by atomic mass is 10.0. The zero-order valence-electron chi connectivity index (χ0n) is 13.2. The number of methoxy groups -OCH3 is 1. The molecule has 1 aliphatic carbocycles. The third-order valence-electron chi connectivity index (χ3n) is 3.94. The highest BCUT2D eigenvalue weighted by molar-refractivity contribution is 9.10. The van der Waals surface area contributed by atoms with Crippen LogP contribution in [0, 0.1) is 0 Å². The molecule has 1 unspecified atom stereocenters. The van der Waals surface area contributed by atoms with E-state index in [2.05, 4.69) is 21.2 Å². The minimum absolute atomic E-state index is 0.0241. The Morgan fingerprint density at radius 3 is 2.74 bits per heavy atom. The Hall–Kier alpha value is -1.40. The molecule has 1 atom stereocenters. The maximum Gasteiger partial charge on any atom is 0.307 e. The molecule has 1 N–H and O–H groups in total. The highest BCUT2D eigenvalue weighted by Gasteiger charge is 2.21. The van der Waals surface area contributed by atoms with Crippen LogP contribution in [0.5, 0.6) is 0 Å². The number of hydrogen-bond acceptors (Lipinski definition) is 4. The van der Waals surface area contributed by atoms with Gasteiger partial charge in [0.15, 0.2) is 0 Å². The molecule has 0 saturated heterocycles. The lowest BCUT2D eigenvalue weighted by molar-refractivity contribution is -0.141. The van der Waals surface area contributed by atoms with E-state index in [0.29, 0.717) is 0 Å². The number of hydrogen-bond donors (Lipinski definition) is 1. The second-order valence-corrected chi connectivity index (χ2v) is 6.59. The number of nitrogens with one attached hydrogen (secondary N) is 1. The molecular weight excluding hydrogens is 362 g/mol. The van der Waals surface area contributed by atoms with Gasteiger partial charge < -0.3 is 14.8 Å². The van der Waals surface area contributed by atoms with Gasteiger partial charge in [-0.3, -0.25) is 9.59 Å². The minimum atomic E-state index is -0.431. The van der Waals surface area contributed by atoms with E-state index in [9.17, 15) is 9.59 Å². The number of carbonyl (C=O) groups is 2. The van der Waals surface area contributed by atoms with Gasteiger partial charge in [-0.1, -0.05) is 40.9 Å². The zero-order valence-corrected chi connectivity index (χ0v) is 14.8. The zero-order chi connectivity index (χ0) is 16.7. The van der Waals surface area contributed by atoms with Crippen LogP contribution in [0.1, 0.15) is 43.7 Å². The molecule has 1 aliphatic rings. The van der Waals surface area contributed by atoms with E-state index in [0.717, 1.165) is 35.7 Å². The summed E-state index contributed by atoms with van der Waals surface area (Å²) in [6.45, 7) is 0.0241. The van der Waals surface area contributed by atoms with Gasteiger partial charge in [0.1, 0.15) is 6.61 Å². The molecule has 126 valence electrons. The van der Waals surface area contributed by atoms with E-state index in [1.54, 1.807) is 0 Å². The molecule has 0 bridgehead atoms. The average Bonchev–Trinajstić information content (AvgIpc) is 3.05. The summed E-state index contributed by atoms with van der Waals surface area (Å²) in [5, 5.41) is 2.86. The van der Waals surface area contributed by atoms with Gasteiger partial charge in [-0.15, -0.1) is 0 Å². The van der Waals surface area contributed by atoms with Crippen molar-refractivity contribution in [2.45, 2.75) is 44.2 Å². The number of esters is 1. The third-order valence-corrected chi connectivity index (χ3v) is 4.43. The summed E-state index contributed by atoms with van der Waals surface area (Å²) in [4.78, 5) is 23.8. The maximum absolute atomic E-state index is 12.1. The molecule has 2 rings (SSSR count). The Kier molecular flexibility index (Phi) is 7.05. The topological polar surface area (TPSA) is 64.6 Å². The summed E-state index contributed by atoms with van der Waals surface area (Å²) < 4.78 is 11.2. The molecule has 1 fully saturated rings. The van der Waals surface area contributed by atoms with Gasteiger partial charge in [-0.2, -0.15) is 0 Å². The highest BCUT2D eigenvalue weighted by Crippen LogP contribution is 2.22. The van der Waals surface area contributed by atoms with E-state index in [1.807, 2.05) is 24.3 Å². The molecule has 0 aliphatic heterocycles. The predicted molar refractivity (Wildman–Crippen MR) is 89.9 cm³/mol. The second kappa shape index (κ2) is 9.03. The summed E-state index contributed by atoms with van der Waals surface area (Å²) in [7, 11) is 1.34. The minimum Gasteiger partial charge on any atom is -0.469 e. The molecular formula is C17H22BrNO4. The van der Waals surface area contributed by atoms with E-state index in [-0.39, 0.29) is 31.0 Å². The SMILES string of the molecule is COC(=O)CC(NC(=O)COC1CCCC1)c1cccc(Br)c1. The summed E-state index contributed by atoms with van der Waals surface area (Å²) in [5.41, 5.74) is 0.846. The molecule has 0 radical (unpaired) electrons. The fourth-order valence-corrected chi connectivity index (χ4v) is 3.13. The summed E-state index contributed by atoms with van der Waals surface area (Å²) >= 11 is 3.40. The van der Waals surface area contributed by atoms with E-state index >= 15 is 0 Å². The van der Waals surface area contributed by atoms with Crippen molar-refractivity contribution in [2.75, 3.05) is 13.7 Å². The fraction of sp³-hybridized carbons (Fsp3) is 0.529. The van der Waals surface area contributed by atoms with Gasteiger partial charge in [0, 0.05) is 4.47 Å². The Morgan fingerprint density at radius 2 is 2.09 bits per heavy atom. The maximum atomic E-state index is 12.1. The highest BCUT2D eigenvalue weighted by atomic mass is 79.9. The number of halogens is 1. The number of rotatable bonds is 7. The van der Waals surface area contributed by atoms with Crippen LogP contribution in [0.25, 0.3) is 0 Å². The van der Waals surface area contributed by atoms with Crippen LogP contribution in [0.3, 0.4) is 0 Å². The summed E-state index contributed by atoms with van der Waals surface area (Å²) in [6, 6.07) is 7.08. The van der Waals surface area contributed by atoms with Crippen LogP contribution >= 0.6 is 15.9 Å². The number of benzene rings is 1. The van der Waals surface area contributed by atoms with Gasteiger partial charge in [0.05, 0.1) is 25.7 Å². The van der Waals surface area contributed by atoms with Crippen molar-refractivity contribution in [1.82, 2.24) is 5.32 Å². The molecule has 5 nitrogen and oxygen atoms in total. The molecule has 0 spiro atoms. The Balaban J connectivity index is 1.95. The molecule has 0 aromatic heterocycles. The average molecular weight is 384 g/mol. The predicted octanol–water partition coefficient (Wildman–Crippen LogP) is 3.13. The van der Waals surface area contributed by atoms with Gasteiger partial charge in [-0.05, 0) is 30.5 Å². The summed E-state index contributed by atoms with van der Waals surface area (Å²) in [5.74, 6) is -0.585. The molecule has 1 aromatic carbocycles. The Bertz CT molecular complexity index is 543. The molecule has 0 heterocycles. The monoisotopic (exact) mass is 383 g/mol. The van der Waals surface area contributed by atoms with Crippen LogP contribution in [-0.2, 0) is 19.1 Å². The quantitative estimate of drug-likeness (QED) is 0.734. The Labute approximate surface area is 144 Å². The van der Waals surface area contributed by atoms with Gasteiger partial charge in [-0.25, -0.2) is 0 Å². The first kappa shape index (κ1) is 17.9. The molecule has 23 heavy (non-hydrogen) atoms. The van der Waals surface area contributed by atoms with Crippen molar-refractivity contribution in [3.05, 3.63) is 34.3 Å². The van der Waals surface area contributed by atoms with Gasteiger partial charge in [0.25, 0.3) is 0 Å². The lowest BCUT2D eigenvalue weighted by Gasteiger charge is -2.19. The van der Waals surface area contributed by atoms with Crippen LogP contribution < -0.4 is 5.32 Å². The fourth-order valence-electron chi connectivity index (χ4n) is 2.71. The normalized spacial score (nSPS) is 16.1. The number of carbonyl (C=O) groups excluding carboxylic acids is 2. The van der Waals surface area contributed by atoms with Crippen molar-refractivity contribution in [3.8, 4) is 0 Å². The van der Waals surface area contributed by atoms with Crippen molar-refractivity contribution < 1.29 is 19.1 Å². The molecule has 1 saturated carbocycles. The second-order valence-electron chi connectivity index (χ2n) is 5.67. The third kappa shape index (κ3) is 5.95. The summed E-state index contributed by atoms with van der Waals surface area (Å²) in [6.07, 6.45) is 4.63. The smallest absolute Gasteiger partial charge is 0.307 e. The van der Waals surface area contributed by atoms with E-state index in [1.165, 1.54) is 7.11 Å².